The van der Waals surface area contributed by atoms with E-state index in [4.69, 9.17) is 4.74 Å². The molecular formula is C16H19BO. The second kappa shape index (κ2) is 6.30. The van der Waals surface area contributed by atoms with E-state index in [-0.39, 0.29) is 0 Å². The Morgan fingerprint density at radius 2 is 1.72 bits per heavy atom. The maximum atomic E-state index is 5.71. The number of para-hydroxylation sites is 1. The van der Waals surface area contributed by atoms with E-state index in [9.17, 15) is 0 Å². The molecule has 18 heavy (non-hydrogen) atoms. The molecule has 0 atom stereocenters. The largest absolute Gasteiger partial charge is 0.493 e. The molecule has 0 saturated carbocycles. The van der Waals surface area contributed by atoms with Gasteiger partial charge in [-0.15, -0.1) is 0 Å². The van der Waals surface area contributed by atoms with Crippen molar-refractivity contribution in [1.29, 1.82) is 0 Å². The first-order chi connectivity index (χ1) is 8.75. The summed E-state index contributed by atoms with van der Waals surface area (Å²) in [6.45, 7) is 5.75. The van der Waals surface area contributed by atoms with Gasteiger partial charge in [-0.2, -0.15) is 0 Å². The van der Waals surface area contributed by atoms with Crippen LogP contribution in [0.5, 0.6) is 5.75 Å². The molecule has 0 amide bonds. The summed E-state index contributed by atoms with van der Waals surface area (Å²) in [5, 5.41) is 0. The maximum Gasteiger partial charge on any atom is 0.169 e. The molecule has 0 aliphatic heterocycles. The molecule has 0 radical (unpaired) electrons. The minimum atomic E-state index is 0.583. The van der Waals surface area contributed by atoms with Crippen LogP contribution in [-0.4, -0.2) is 13.3 Å². The van der Waals surface area contributed by atoms with Gasteiger partial charge in [0.25, 0.3) is 0 Å². The fraction of sp³-hybridized carbons (Fsp3) is 0.250. The standard InChI is InChI=1S/C16H19BO/c1-17(2)15-8-6-7-14(13-15)11-12-18-16-9-4-3-5-10-16/h3-10,13H,11-12H2,1-2H3. The first-order valence-corrected chi connectivity index (χ1v) is 6.52. The molecule has 1 nitrogen and oxygen atoms in total. The van der Waals surface area contributed by atoms with Gasteiger partial charge in [-0.1, -0.05) is 61.6 Å². The quantitative estimate of drug-likeness (QED) is 0.726. The van der Waals surface area contributed by atoms with Gasteiger partial charge in [0.1, 0.15) is 5.75 Å². The van der Waals surface area contributed by atoms with E-state index in [1.165, 1.54) is 11.0 Å². The van der Waals surface area contributed by atoms with Crippen molar-refractivity contribution >= 4 is 12.2 Å². The van der Waals surface area contributed by atoms with E-state index >= 15 is 0 Å². The summed E-state index contributed by atoms with van der Waals surface area (Å²) in [4.78, 5) is 0. The highest BCUT2D eigenvalue weighted by Crippen LogP contribution is 2.09. The first-order valence-electron chi connectivity index (χ1n) is 6.52. The third kappa shape index (κ3) is 3.66. The average molecular weight is 238 g/mol. The highest BCUT2D eigenvalue weighted by Gasteiger charge is 2.03. The van der Waals surface area contributed by atoms with Crippen molar-refractivity contribution in [3.8, 4) is 5.75 Å². The summed E-state index contributed by atoms with van der Waals surface area (Å²) < 4.78 is 5.71. The van der Waals surface area contributed by atoms with Gasteiger partial charge in [-0.3, -0.25) is 0 Å². The number of ether oxygens (including phenoxy) is 1. The van der Waals surface area contributed by atoms with Crippen LogP contribution >= 0.6 is 0 Å². The summed E-state index contributed by atoms with van der Waals surface area (Å²) >= 11 is 0. The van der Waals surface area contributed by atoms with Crippen LogP contribution < -0.4 is 10.2 Å². The summed E-state index contributed by atoms with van der Waals surface area (Å²) in [5.41, 5.74) is 2.74. The lowest BCUT2D eigenvalue weighted by Gasteiger charge is -2.08. The third-order valence-corrected chi connectivity index (χ3v) is 3.02. The van der Waals surface area contributed by atoms with Crippen LogP contribution in [0.3, 0.4) is 0 Å². The SMILES string of the molecule is CB(C)c1cccc(CCOc2ccccc2)c1. The Balaban J connectivity index is 1.89. The molecule has 0 spiro atoms. The minimum absolute atomic E-state index is 0.583. The van der Waals surface area contributed by atoms with Crippen LogP contribution in [0.15, 0.2) is 54.6 Å². The summed E-state index contributed by atoms with van der Waals surface area (Å²) in [6, 6.07) is 18.7. The highest BCUT2D eigenvalue weighted by atomic mass is 16.5. The van der Waals surface area contributed by atoms with Gasteiger partial charge >= 0.3 is 0 Å². The zero-order valence-electron chi connectivity index (χ0n) is 11.1. The van der Waals surface area contributed by atoms with E-state index in [0.717, 1.165) is 18.8 Å². The Hall–Kier alpha value is -1.70. The van der Waals surface area contributed by atoms with Crippen LogP contribution in [0.25, 0.3) is 0 Å². The molecule has 0 fully saturated rings. The van der Waals surface area contributed by atoms with Crippen LogP contribution in [0, 0.1) is 0 Å². The van der Waals surface area contributed by atoms with Gasteiger partial charge in [-0.25, -0.2) is 0 Å². The number of rotatable bonds is 5. The van der Waals surface area contributed by atoms with Crippen molar-refractivity contribution in [2.75, 3.05) is 6.61 Å². The number of hydrogen-bond acceptors (Lipinski definition) is 1. The average Bonchev–Trinajstić information content (AvgIpc) is 2.40. The van der Waals surface area contributed by atoms with Gasteiger partial charge in [0.2, 0.25) is 0 Å². The zero-order valence-corrected chi connectivity index (χ0v) is 11.1. The first kappa shape index (κ1) is 12.8. The van der Waals surface area contributed by atoms with E-state index in [1.807, 2.05) is 30.3 Å². The Labute approximate surface area is 110 Å². The molecule has 2 aromatic carbocycles. The second-order valence-electron chi connectivity index (χ2n) is 4.81. The van der Waals surface area contributed by atoms with Gasteiger partial charge < -0.3 is 4.74 Å². The highest BCUT2D eigenvalue weighted by molar-refractivity contribution is 6.70. The molecule has 2 aromatic rings. The normalized spacial score (nSPS) is 10.1. The predicted octanol–water partition coefficient (Wildman–Crippen LogP) is 3.27. The number of benzene rings is 2. The minimum Gasteiger partial charge on any atom is -0.493 e. The molecule has 0 N–H and O–H groups in total. The molecule has 0 unspecified atom stereocenters. The molecule has 0 heterocycles. The Bertz CT molecular complexity index is 479. The van der Waals surface area contributed by atoms with Crippen molar-refractivity contribution < 1.29 is 4.74 Å². The predicted molar refractivity (Wildman–Crippen MR) is 79.2 cm³/mol. The molecule has 0 saturated heterocycles. The van der Waals surface area contributed by atoms with Crippen LogP contribution in [0.4, 0.5) is 0 Å². The molecule has 92 valence electrons. The summed E-state index contributed by atoms with van der Waals surface area (Å²) in [6.07, 6.45) is 0.954. The van der Waals surface area contributed by atoms with Crippen molar-refractivity contribution in [1.82, 2.24) is 0 Å². The van der Waals surface area contributed by atoms with Crippen molar-refractivity contribution in [3.63, 3.8) is 0 Å². The van der Waals surface area contributed by atoms with Gasteiger partial charge in [-0.05, 0) is 17.7 Å². The second-order valence-corrected chi connectivity index (χ2v) is 4.81. The third-order valence-electron chi connectivity index (χ3n) is 3.02. The smallest absolute Gasteiger partial charge is 0.169 e. The van der Waals surface area contributed by atoms with Gasteiger partial charge in [0.05, 0.1) is 6.61 Å². The Morgan fingerprint density at radius 3 is 2.44 bits per heavy atom. The zero-order chi connectivity index (χ0) is 12.8. The summed E-state index contributed by atoms with van der Waals surface area (Å²) in [5.74, 6) is 0.942. The molecular weight excluding hydrogens is 219 g/mol. The monoisotopic (exact) mass is 238 g/mol. The molecule has 0 aliphatic rings. The molecule has 2 rings (SSSR count). The molecule has 0 aromatic heterocycles. The lowest BCUT2D eigenvalue weighted by molar-refractivity contribution is 0.322. The van der Waals surface area contributed by atoms with E-state index in [0.29, 0.717) is 6.71 Å². The van der Waals surface area contributed by atoms with Crippen molar-refractivity contribution in [2.45, 2.75) is 20.1 Å². The fourth-order valence-corrected chi connectivity index (χ4v) is 1.91. The van der Waals surface area contributed by atoms with Crippen molar-refractivity contribution in [3.05, 3.63) is 60.2 Å². The number of hydrogen-bond donors (Lipinski definition) is 0. The summed E-state index contributed by atoms with van der Waals surface area (Å²) in [7, 11) is 0. The topological polar surface area (TPSA) is 9.23 Å². The van der Waals surface area contributed by atoms with Gasteiger partial charge in [0.15, 0.2) is 6.71 Å². The van der Waals surface area contributed by atoms with E-state index in [1.54, 1.807) is 0 Å². The fourth-order valence-electron chi connectivity index (χ4n) is 1.91. The molecule has 2 heteroatoms. The van der Waals surface area contributed by atoms with Crippen LogP contribution in [-0.2, 0) is 6.42 Å². The molecule has 0 aliphatic carbocycles. The molecule has 0 bridgehead atoms. The Morgan fingerprint density at radius 1 is 0.944 bits per heavy atom. The lowest BCUT2D eigenvalue weighted by atomic mass is 9.49. The van der Waals surface area contributed by atoms with Crippen LogP contribution in [0.2, 0.25) is 13.6 Å². The maximum absolute atomic E-state index is 5.71. The van der Waals surface area contributed by atoms with E-state index < -0.39 is 0 Å². The Kier molecular flexibility index (Phi) is 4.46. The van der Waals surface area contributed by atoms with Crippen molar-refractivity contribution in [2.24, 2.45) is 0 Å². The van der Waals surface area contributed by atoms with Crippen LogP contribution in [0.1, 0.15) is 5.56 Å². The van der Waals surface area contributed by atoms with Gasteiger partial charge in [0, 0.05) is 6.42 Å². The van der Waals surface area contributed by atoms with E-state index in [2.05, 4.69) is 37.9 Å². The lowest BCUT2D eigenvalue weighted by Crippen LogP contribution is -2.22.